The second-order valence-corrected chi connectivity index (χ2v) is 6.14. The third-order valence-electron chi connectivity index (χ3n) is 3.69. The highest BCUT2D eigenvalue weighted by molar-refractivity contribution is 4.73. The Morgan fingerprint density at radius 3 is 2.44 bits per heavy atom. The molecular formula is C14H30N2. The van der Waals surface area contributed by atoms with Crippen molar-refractivity contribution in [2.45, 2.75) is 58.8 Å². The molecule has 0 aliphatic heterocycles. The van der Waals surface area contributed by atoms with E-state index < -0.39 is 0 Å². The molecule has 0 unspecified atom stereocenters. The lowest BCUT2D eigenvalue weighted by Crippen LogP contribution is -2.21. The summed E-state index contributed by atoms with van der Waals surface area (Å²) < 4.78 is 0. The molecule has 0 atom stereocenters. The number of hydrogen-bond acceptors (Lipinski definition) is 2. The highest BCUT2D eigenvalue weighted by Gasteiger charge is 2.19. The van der Waals surface area contributed by atoms with Gasteiger partial charge in [-0.05, 0) is 63.1 Å². The number of nitrogens with one attached hydrogen (secondary N) is 1. The molecule has 96 valence electrons. The van der Waals surface area contributed by atoms with Crippen molar-refractivity contribution in [2.75, 3.05) is 19.6 Å². The smallest absolute Gasteiger partial charge is 0.00487 e. The van der Waals surface area contributed by atoms with Gasteiger partial charge in [0, 0.05) is 0 Å². The van der Waals surface area contributed by atoms with Crippen molar-refractivity contribution in [2.24, 2.45) is 17.1 Å². The molecule has 1 saturated carbocycles. The van der Waals surface area contributed by atoms with E-state index in [9.17, 15) is 0 Å². The minimum absolute atomic E-state index is 0.435. The SMILES string of the molecule is CC(C)(CCN)CCCNCCCC1CC1. The number of rotatable bonds is 10. The summed E-state index contributed by atoms with van der Waals surface area (Å²) in [6.45, 7) is 7.87. The van der Waals surface area contributed by atoms with Gasteiger partial charge in [0.1, 0.15) is 0 Å². The second-order valence-electron chi connectivity index (χ2n) is 6.14. The van der Waals surface area contributed by atoms with E-state index >= 15 is 0 Å². The van der Waals surface area contributed by atoms with Crippen LogP contribution in [0.1, 0.15) is 58.8 Å². The predicted octanol–water partition coefficient (Wildman–Crippen LogP) is 2.92. The van der Waals surface area contributed by atoms with Gasteiger partial charge in [0.15, 0.2) is 0 Å². The topological polar surface area (TPSA) is 38.0 Å². The van der Waals surface area contributed by atoms with Crippen LogP contribution in [-0.4, -0.2) is 19.6 Å². The van der Waals surface area contributed by atoms with Gasteiger partial charge < -0.3 is 11.1 Å². The van der Waals surface area contributed by atoms with E-state index in [2.05, 4.69) is 19.2 Å². The van der Waals surface area contributed by atoms with Crippen molar-refractivity contribution < 1.29 is 0 Å². The van der Waals surface area contributed by atoms with Crippen LogP contribution < -0.4 is 11.1 Å². The van der Waals surface area contributed by atoms with E-state index in [0.29, 0.717) is 5.41 Å². The molecule has 0 aromatic heterocycles. The first-order valence-electron chi connectivity index (χ1n) is 7.05. The minimum atomic E-state index is 0.435. The predicted molar refractivity (Wildman–Crippen MR) is 71.5 cm³/mol. The molecule has 0 radical (unpaired) electrons. The molecule has 2 heteroatoms. The van der Waals surface area contributed by atoms with E-state index in [4.69, 9.17) is 5.73 Å². The fourth-order valence-electron chi connectivity index (χ4n) is 2.25. The Morgan fingerprint density at radius 1 is 1.12 bits per heavy atom. The van der Waals surface area contributed by atoms with Crippen molar-refractivity contribution in [1.82, 2.24) is 5.32 Å². The molecule has 1 aliphatic carbocycles. The van der Waals surface area contributed by atoms with Crippen LogP contribution in [0.15, 0.2) is 0 Å². The first-order valence-corrected chi connectivity index (χ1v) is 7.05. The molecular weight excluding hydrogens is 196 g/mol. The average Bonchev–Trinajstić information content (AvgIpc) is 3.00. The number of nitrogens with two attached hydrogens (primary N) is 1. The van der Waals surface area contributed by atoms with E-state index in [0.717, 1.165) is 18.9 Å². The molecule has 0 aromatic carbocycles. The standard InChI is InChI=1S/C14H30N2/c1-14(2,9-10-15)8-4-12-16-11-3-5-13-6-7-13/h13,16H,3-12,15H2,1-2H3. The van der Waals surface area contributed by atoms with Crippen molar-refractivity contribution in [1.29, 1.82) is 0 Å². The van der Waals surface area contributed by atoms with Crippen molar-refractivity contribution >= 4 is 0 Å². The summed E-state index contributed by atoms with van der Waals surface area (Å²) >= 11 is 0. The van der Waals surface area contributed by atoms with E-state index in [1.165, 1.54) is 51.6 Å². The van der Waals surface area contributed by atoms with E-state index in [1.807, 2.05) is 0 Å². The normalized spacial score (nSPS) is 16.7. The Kier molecular flexibility index (Phi) is 6.37. The first kappa shape index (κ1) is 14.0. The van der Waals surface area contributed by atoms with Gasteiger partial charge >= 0.3 is 0 Å². The maximum absolute atomic E-state index is 5.60. The third-order valence-corrected chi connectivity index (χ3v) is 3.69. The second kappa shape index (κ2) is 7.29. The van der Waals surface area contributed by atoms with Gasteiger partial charge in [0.25, 0.3) is 0 Å². The van der Waals surface area contributed by atoms with Crippen LogP contribution in [0.3, 0.4) is 0 Å². The molecule has 1 aliphatic rings. The van der Waals surface area contributed by atoms with Crippen LogP contribution in [0, 0.1) is 11.3 Å². The van der Waals surface area contributed by atoms with Gasteiger partial charge in [0.05, 0.1) is 0 Å². The van der Waals surface area contributed by atoms with Crippen LogP contribution in [-0.2, 0) is 0 Å². The fourth-order valence-corrected chi connectivity index (χ4v) is 2.25. The van der Waals surface area contributed by atoms with Crippen molar-refractivity contribution in [3.63, 3.8) is 0 Å². The molecule has 3 N–H and O–H groups in total. The summed E-state index contributed by atoms with van der Waals surface area (Å²) in [5.41, 5.74) is 6.04. The van der Waals surface area contributed by atoms with E-state index in [1.54, 1.807) is 0 Å². The van der Waals surface area contributed by atoms with Gasteiger partial charge in [-0.15, -0.1) is 0 Å². The maximum Gasteiger partial charge on any atom is -0.00487 e. The summed E-state index contributed by atoms with van der Waals surface area (Å²) in [5, 5.41) is 3.55. The quantitative estimate of drug-likeness (QED) is 0.562. The number of hydrogen-bond donors (Lipinski definition) is 2. The fraction of sp³-hybridized carbons (Fsp3) is 1.00. The molecule has 0 heterocycles. The lowest BCUT2D eigenvalue weighted by molar-refractivity contribution is 0.302. The lowest BCUT2D eigenvalue weighted by atomic mass is 9.84. The van der Waals surface area contributed by atoms with Crippen LogP contribution >= 0.6 is 0 Å². The summed E-state index contributed by atoms with van der Waals surface area (Å²) in [6, 6.07) is 0. The molecule has 0 bridgehead atoms. The van der Waals surface area contributed by atoms with Crippen LogP contribution in [0.25, 0.3) is 0 Å². The van der Waals surface area contributed by atoms with Gasteiger partial charge in [-0.25, -0.2) is 0 Å². The van der Waals surface area contributed by atoms with Crippen molar-refractivity contribution in [3.8, 4) is 0 Å². The molecule has 0 spiro atoms. The maximum atomic E-state index is 5.60. The summed E-state index contributed by atoms with van der Waals surface area (Å²) in [6.07, 6.45) is 9.54. The highest BCUT2D eigenvalue weighted by atomic mass is 14.8. The molecule has 2 nitrogen and oxygen atoms in total. The van der Waals surface area contributed by atoms with Crippen LogP contribution in [0.5, 0.6) is 0 Å². The zero-order valence-corrected chi connectivity index (χ0v) is 11.2. The molecule has 1 rings (SSSR count). The Labute approximate surface area is 101 Å². The molecule has 0 saturated heterocycles. The Hall–Kier alpha value is -0.0800. The zero-order chi connectivity index (χ0) is 11.9. The molecule has 0 aromatic rings. The monoisotopic (exact) mass is 226 g/mol. The van der Waals surface area contributed by atoms with Gasteiger partial charge in [-0.1, -0.05) is 26.7 Å². The molecule has 16 heavy (non-hydrogen) atoms. The summed E-state index contributed by atoms with van der Waals surface area (Å²) in [4.78, 5) is 0. The van der Waals surface area contributed by atoms with Gasteiger partial charge in [0.2, 0.25) is 0 Å². The van der Waals surface area contributed by atoms with Crippen LogP contribution in [0.2, 0.25) is 0 Å². The Morgan fingerprint density at radius 2 is 1.81 bits per heavy atom. The van der Waals surface area contributed by atoms with Crippen molar-refractivity contribution in [3.05, 3.63) is 0 Å². The minimum Gasteiger partial charge on any atom is -0.330 e. The zero-order valence-electron chi connectivity index (χ0n) is 11.2. The highest BCUT2D eigenvalue weighted by Crippen LogP contribution is 2.33. The molecule has 0 amide bonds. The summed E-state index contributed by atoms with van der Waals surface area (Å²) in [5.74, 6) is 1.09. The first-order chi connectivity index (χ1) is 7.64. The van der Waals surface area contributed by atoms with Gasteiger partial charge in [-0.3, -0.25) is 0 Å². The Balaban J connectivity index is 1.82. The average molecular weight is 226 g/mol. The molecule has 1 fully saturated rings. The van der Waals surface area contributed by atoms with Gasteiger partial charge in [-0.2, -0.15) is 0 Å². The lowest BCUT2D eigenvalue weighted by Gasteiger charge is -2.23. The summed E-state index contributed by atoms with van der Waals surface area (Å²) in [7, 11) is 0. The van der Waals surface area contributed by atoms with Crippen LogP contribution in [0.4, 0.5) is 0 Å². The van der Waals surface area contributed by atoms with E-state index in [-0.39, 0.29) is 0 Å². The largest absolute Gasteiger partial charge is 0.330 e. The Bertz CT molecular complexity index is 174. The third kappa shape index (κ3) is 7.24.